The van der Waals surface area contributed by atoms with Crippen LogP contribution in [0.2, 0.25) is 0 Å². The van der Waals surface area contributed by atoms with Crippen molar-refractivity contribution in [3.63, 3.8) is 0 Å². The number of aliphatic hydroxyl groups excluding tert-OH is 1. The third-order valence-corrected chi connectivity index (χ3v) is 5.43. The minimum atomic E-state index is -0.890. The molecular weight excluding hydrogens is 200 g/mol. The van der Waals surface area contributed by atoms with Gasteiger partial charge in [-0.1, -0.05) is 27.2 Å². The second kappa shape index (κ2) is 3.46. The molecule has 0 aliphatic heterocycles. The minimum Gasteiger partial charge on any atom is -0.390 e. The highest BCUT2D eigenvalue weighted by atomic mass is 16.3. The lowest BCUT2D eigenvalue weighted by Gasteiger charge is -2.59. The monoisotopic (exact) mass is 226 g/mol. The summed E-state index contributed by atoms with van der Waals surface area (Å²) < 4.78 is 0. The lowest BCUT2D eigenvalue weighted by Crippen LogP contribution is -2.60. The molecule has 0 spiro atoms. The molecule has 2 aliphatic carbocycles. The minimum absolute atomic E-state index is 0.0938. The fourth-order valence-electron chi connectivity index (χ4n) is 4.50. The Morgan fingerprint density at radius 3 is 2.25 bits per heavy atom. The predicted molar refractivity (Wildman–Crippen MR) is 65.1 cm³/mol. The standard InChI is InChI=1S/C14H26O2/c1-12(2)7-5-8-13(3)10(12)6-9-14(4,16)11(13)15/h10-11,15-16H,5-9H2,1-4H3/t10-,11-,13+,14-/m1/s1. The van der Waals surface area contributed by atoms with Crippen molar-refractivity contribution in [2.24, 2.45) is 16.7 Å². The summed E-state index contributed by atoms with van der Waals surface area (Å²) in [5, 5.41) is 20.7. The molecule has 16 heavy (non-hydrogen) atoms. The molecule has 2 rings (SSSR count). The van der Waals surface area contributed by atoms with Crippen LogP contribution < -0.4 is 0 Å². The lowest BCUT2D eigenvalue weighted by atomic mass is 9.48. The first-order valence-electron chi connectivity index (χ1n) is 6.61. The molecule has 2 nitrogen and oxygen atoms in total. The molecule has 2 N–H and O–H groups in total. The van der Waals surface area contributed by atoms with E-state index in [4.69, 9.17) is 0 Å². The van der Waals surface area contributed by atoms with Crippen molar-refractivity contribution in [2.45, 2.75) is 71.5 Å². The van der Waals surface area contributed by atoms with E-state index >= 15 is 0 Å². The van der Waals surface area contributed by atoms with E-state index in [9.17, 15) is 10.2 Å². The molecule has 0 aromatic heterocycles. The van der Waals surface area contributed by atoms with E-state index in [1.165, 1.54) is 12.8 Å². The number of aliphatic hydroxyl groups is 2. The van der Waals surface area contributed by atoms with Crippen LogP contribution >= 0.6 is 0 Å². The van der Waals surface area contributed by atoms with Gasteiger partial charge in [-0.2, -0.15) is 0 Å². The fraction of sp³-hybridized carbons (Fsp3) is 1.00. The van der Waals surface area contributed by atoms with E-state index in [0.29, 0.717) is 11.3 Å². The van der Waals surface area contributed by atoms with Gasteiger partial charge in [0.1, 0.15) is 0 Å². The molecule has 0 amide bonds. The maximum atomic E-state index is 10.5. The van der Waals surface area contributed by atoms with E-state index in [2.05, 4.69) is 20.8 Å². The average molecular weight is 226 g/mol. The molecule has 0 bridgehead atoms. The van der Waals surface area contributed by atoms with Gasteiger partial charge in [0, 0.05) is 0 Å². The third-order valence-electron chi connectivity index (χ3n) is 5.43. The summed E-state index contributed by atoms with van der Waals surface area (Å²) in [6.07, 6.45) is 4.69. The number of hydrogen-bond acceptors (Lipinski definition) is 2. The van der Waals surface area contributed by atoms with E-state index in [1.54, 1.807) is 6.92 Å². The molecule has 2 saturated carbocycles. The smallest absolute Gasteiger partial charge is 0.0883 e. The molecule has 0 aromatic carbocycles. The summed E-state index contributed by atoms with van der Waals surface area (Å²) in [7, 11) is 0. The largest absolute Gasteiger partial charge is 0.390 e. The number of rotatable bonds is 0. The van der Waals surface area contributed by atoms with Gasteiger partial charge in [-0.15, -0.1) is 0 Å². The zero-order valence-electron chi connectivity index (χ0n) is 11.1. The van der Waals surface area contributed by atoms with Crippen molar-refractivity contribution in [1.29, 1.82) is 0 Å². The quantitative estimate of drug-likeness (QED) is 0.667. The Labute approximate surface area is 99.1 Å². The van der Waals surface area contributed by atoms with Gasteiger partial charge in [-0.3, -0.25) is 0 Å². The fourth-order valence-corrected chi connectivity index (χ4v) is 4.50. The molecule has 0 saturated heterocycles. The molecule has 0 unspecified atom stereocenters. The summed E-state index contributed by atoms with van der Waals surface area (Å²) in [5.41, 5.74) is -0.674. The van der Waals surface area contributed by atoms with Gasteiger partial charge in [-0.25, -0.2) is 0 Å². The molecule has 4 atom stereocenters. The third kappa shape index (κ3) is 1.62. The van der Waals surface area contributed by atoms with E-state index in [1.807, 2.05) is 0 Å². The van der Waals surface area contributed by atoms with Crippen LogP contribution in [0.1, 0.15) is 59.8 Å². The van der Waals surface area contributed by atoms with Crippen LogP contribution in [-0.2, 0) is 0 Å². The Kier molecular flexibility index (Phi) is 2.67. The molecule has 0 aromatic rings. The van der Waals surface area contributed by atoms with Gasteiger partial charge in [0.05, 0.1) is 11.7 Å². The topological polar surface area (TPSA) is 40.5 Å². The molecule has 2 fully saturated rings. The average Bonchev–Trinajstić information content (AvgIpc) is 2.12. The Balaban J connectivity index is 2.34. The molecule has 94 valence electrons. The maximum absolute atomic E-state index is 10.5. The van der Waals surface area contributed by atoms with E-state index < -0.39 is 11.7 Å². The van der Waals surface area contributed by atoms with Crippen molar-refractivity contribution in [3.8, 4) is 0 Å². The van der Waals surface area contributed by atoms with Gasteiger partial charge >= 0.3 is 0 Å². The van der Waals surface area contributed by atoms with Crippen LogP contribution in [-0.4, -0.2) is 21.9 Å². The summed E-state index contributed by atoms with van der Waals surface area (Å²) in [5.74, 6) is 0.545. The van der Waals surface area contributed by atoms with E-state index in [0.717, 1.165) is 19.3 Å². The van der Waals surface area contributed by atoms with Crippen LogP contribution in [0.5, 0.6) is 0 Å². The Morgan fingerprint density at radius 2 is 1.62 bits per heavy atom. The first-order valence-corrected chi connectivity index (χ1v) is 6.61. The van der Waals surface area contributed by atoms with Crippen LogP contribution in [0.25, 0.3) is 0 Å². The van der Waals surface area contributed by atoms with Crippen LogP contribution in [0.15, 0.2) is 0 Å². The van der Waals surface area contributed by atoms with E-state index in [-0.39, 0.29) is 5.41 Å². The maximum Gasteiger partial charge on any atom is 0.0883 e. The van der Waals surface area contributed by atoms with Crippen molar-refractivity contribution < 1.29 is 10.2 Å². The molecule has 2 aliphatic rings. The molecule has 0 radical (unpaired) electrons. The van der Waals surface area contributed by atoms with Crippen LogP contribution in [0.3, 0.4) is 0 Å². The van der Waals surface area contributed by atoms with Crippen molar-refractivity contribution in [2.75, 3.05) is 0 Å². The van der Waals surface area contributed by atoms with Crippen LogP contribution in [0, 0.1) is 16.7 Å². The number of fused-ring (bicyclic) bond motifs is 1. The zero-order valence-corrected chi connectivity index (χ0v) is 11.1. The summed E-state index contributed by atoms with van der Waals surface area (Å²) in [4.78, 5) is 0. The highest BCUT2D eigenvalue weighted by Crippen LogP contribution is 2.59. The van der Waals surface area contributed by atoms with Gasteiger partial charge in [0.15, 0.2) is 0 Å². The first kappa shape index (κ1) is 12.4. The predicted octanol–water partition coefficient (Wildman–Crippen LogP) is 2.72. The molecular formula is C14H26O2. The first-order chi connectivity index (χ1) is 7.20. The number of hydrogen-bond donors (Lipinski definition) is 2. The van der Waals surface area contributed by atoms with Crippen molar-refractivity contribution in [1.82, 2.24) is 0 Å². The van der Waals surface area contributed by atoms with Gasteiger partial charge in [-0.05, 0) is 49.4 Å². The van der Waals surface area contributed by atoms with Gasteiger partial charge in [0.2, 0.25) is 0 Å². The Morgan fingerprint density at radius 1 is 1.00 bits per heavy atom. The Hall–Kier alpha value is -0.0800. The molecule has 0 heterocycles. The summed E-state index contributed by atoms with van der Waals surface area (Å²) >= 11 is 0. The van der Waals surface area contributed by atoms with Crippen molar-refractivity contribution in [3.05, 3.63) is 0 Å². The highest BCUT2D eigenvalue weighted by molar-refractivity contribution is 5.07. The molecule has 2 heteroatoms. The summed E-state index contributed by atoms with van der Waals surface area (Å²) in [6.45, 7) is 8.61. The normalized spacial score (nSPS) is 52.1. The van der Waals surface area contributed by atoms with Crippen molar-refractivity contribution >= 4 is 0 Å². The second-order valence-electron chi connectivity index (χ2n) is 7.20. The highest BCUT2D eigenvalue weighted by Gasteiger charge is 2.57. The second-order valence-corrected chi connectivity index (χ2v) is 7.20. The van der Waals surface area contributed by atoms with Crippen LogP contribution in [0.4, 0.5) is 0 Å². The lowest BCUT2D eigenvalue weighted by molar-refractivity contribution is -0.203. The summed E-state index contributed by atoms with van der Waals surface area (Å²) in [6, 6.07) is 0. The Bertz CT molecular complexity index is 282. The zero-order chi connectivity index (χ0) is 12.2. The SMILES string of the molecule is CC1(C)CCC[C@@]2(C)[C@@H]1CC[C@@](C)(O)[C@@H]2O. The van der Waals surface area contributed by atoms with Gasteiger partial charge in [0.25, 0.3) is 0 Å². The van der Waals surface area contributed by atoms with Gasteiger partial charge < -0.3 is 10.2 Å².